The van der Waals surface area contributed by atoms with Crippen LogP contribution < -0.4 is 0 Å². The van der Waals surface area contributed by atoms with Crippen LogP contribution in [0.4, 0.5) is 87.8 Å². The molecule has 3 aromatic heterocycles. The standard InChI is InChI=1S/2C18H9F5.C18H11F4N.2C13H10F3N/c2*19-14-13(15(20)17(22)18(23)16(14)21)12-8-4-7-11(9-12)10-5-2-1-3-6-10;1-10-15(19)14(17(21)18(22)16(10)20)12-7-5-11(6-8-12)13-4-2-3-9-23-13;1-9-8-10(13(14,15)16)5-6-11(9)12-4-2-3-7-17-12;1-9-6-10(12-4-2-3-5-17-12)8-11(7-9)13(14,15)16/h2*1-9H;2-9H,1H3;2*2-8H,1H3. The van der Waals surface area contributed by atoms with Crippen LogP contribution in [-0.4, -0.2) is 15.0 Å². The van der Waals surface area contributed by atoms with Crippen molar-refractivity contribution in [1.29, 1.82) is 0 Å². The Balaban J connectivity index is 0.000000151. The summed E-state index contributed by atoms with van der Waals surface area (Å²) in [6, 6.07) is 59.2. The van der Waals surface area contributed by atoms with Crippen LogP contribution in [0.2, 0.25) is 0 Å². The quantitative estimate of drug-likeness (QED) is 0.0865. The Morgan fingerprint density at radius 1 is 0.233 bits per heavy atom. The van der Waals surface area contributed by atoms with E-state index in [0.717, 1.165) is 53.4 Å². The number of halogens is 20. The predicted octanol–water partition coefficient (Wildman–Crippen LogP) is 24.9. The van der Waals surface area contributed by atoms with E-state index in [-0.39, 0.29) is 16.7 Å². The van der Waals surface area contributed by atoms with Crippen LogP contribution in [0.25, 0.3) is 89.4 Å². The summed E-state index contributed by atoms with van der Waals surface area (Å²) in [5.41, 5.74) is 3.44. The lowest BCUT2D eigenvalue weighted by molar-refractivity contribution is -0.138. The molecule has 0 radical (unpaired) electrons. The fourth-order valence-electron chi connectivity index (χ4n) is 10.3. The average Bonchev–Trinajstić information content (AvgIpc) is 0.790. The molecule has 10 aromatic carbocycles. The van der Waals surface area contributed by atoms with Crippen LogP contribution in [0.15, 0.2) is 243 Å². The van der Waals surface area contributed by atoms with Gasteiger partial charge in [0, 0.05) is 40.8 Å². The summed E-state index contributed by atoms with van der Waals surface area (Å²) in [4.78, 5) is 12.3. The average molecular weight is 1430 g/mol. The number of hydrogen-bond acceptors (Lipinski definition) is 3. The molecule has 0 amide bonds. The summed E-state index contributed by atoms with van der Waals surface area (Å²) in [6.45, 7) is 4.36. The number of aryl methyl sites for hydroxylation is 2. The lowest BCUT2D eigenvalue weighted by atomic mass is 9.98. The predicted molar refractivity (Wildman–Crippen MR) is 353 cm³/mol. The van der Waals surface area contributed by atoms with Crippen LogP contribution in [0, 0.1) is 102 Å². The fourth-order valence-corrected chi connectivity index (χ4v) is 10.3. The highest BCUT2D eigenvalue weighted by Crippen LogP contribution is 2.39. The first-order chi connectivity index (χ1) is 49.0. The van der Waals surface area contributed by atoms with Gasteiger partial charge in [-0.05, 0) is 150 Å². The van der Waals surface area contributed by atoms with Gasteiger partial charge in [0.25, 0.3) is 0 Å². The van der Waals surface area contributed by atoms with Gasteiger partial charge < -0.3 is 0 Å². The molecule has 3 nitrogen and oxygen atoms in total. The van der Waals surface area contributed by atoms with E-state index in [9.17, 15) is 87.8 Å². The van der Waals surface area contributed by atoms with Crippen LogP contribution in [-0.2, 0) is 12.4 Å². The molecule has 0 aliphatic heterocycles. The van der Waals surface area contributed by atoms with Gasteiger partial charge in [0.1, 0.15) is 5.82 Å². The number of aromatic nitrogens is 3. The van der Waals surface area contributed by atoms with Crippen LogP contribution in [0.3, 0.4) is 0 Å². The van der Waals surface area contributed by atoms with Crippen molar-refractivity contribution >= 4 is 0 Å². The smallest absolute Gasteiger partial charge is 0.256 e. The van der Waals surface area contributed by atoms with E-state index in [0.29, 0.717) is 44.9 Å². The summed E-state index contributed by atoms with van der Waals surface area (Å²) < 4.78 is 266. The molecule has 0 atom stereocenters. The molecule has 13 rings (SSSR count). The molecule has 23 heteroatoms. The van der Waals surface area contributed by atoms with Crippen LogP contribution in [0.5, 0.6) is 0 Å². The first-order valence-electron chi connectivity index (χ1n) is 30.3. The van der Waals surface area contributed by atoms with Crippen molar-refractivity contribution in [3.63, 3.8) is 0 Å². The van der Waals surface area contributed by atoms with Crippen molar-refractivity contribution in [3.8, 4) is 89.4 Å². The topological polar surface area (TPSA) is 38.7 Å². The van der Waals surface area contributed by atoms with E-state index in [1.165, 1.54) is 54.6 Å². The van der Waals surface area contributed by atoms with E-state index >= 15 is 0 Å². The Morgan fingerprint density at radius 2 is 0.583 bits per heavy atom. The highest BCUT2D eigenvalue weighted by atomic mass is 19.4. The van der Waals surface area contributed by atoms with E-state index in [1.54, 1.807) is 172 Å². The van der Waals surface area contributed by atoms with Crippen molar-refractivity contribution < 1.29 is 87.8 Å². The molecule has 0 aliphatic rings. The highest BCUT2D eigenvalue weighted by Gasteiger charge is 2.33. The van der Waals surface area contributed by atoms with E-state index in [4.69, 9.17) is 0 Å². The summed E-state index contributed by atoms with van der Waals surface area (Å²) >= 11 is 0. The van der Waals surface area contributed by atoms with Crippen molar-refractivity contribution in [2.75, 3.05) is 0 Å². The zero-order valence-corrected chi connectivity index (χ0v) is 53.5. The minimum absolute atomic E-state index is 0.0841. The first-order valence-corrected chi connectivity index (χ1v) is 30.3. The van der Waals surface area contributed by atoms with Crippen molar-refractivity contribution in [3.05, 3.63) is 352 Å². The Bertz CT molecular complexity index is 4880. The number of alkyl halides is 6. The largest absolute Gasteiger partial charge is 0.416 e. The molecule has 0 saturated heterocycles. The molecule has 524 valence electrons. The van der Waals surface area contributed by atoms with E-state index in [2.05, 4.69) is 15.0 Å². The Kier molecular flexibility index (Phi) is 24.0. The third kappa shape index (κ3) is 17.7. The van der Waals surface area contributed by atoms with Gasteiger partial charge >= 0.3 is 12.4 Å². The SMILES string of the molecule is Cc1c(F)c(F)c(F)c(-c2ccc(-c3ccccn3)cc2)c1F.Cc1cc(-c2ccccn2)cc(C(F)(F)F)c1.Cc1cc(C(F)(F)F)ccc1-c1ccccn1.Fc1c(F)c(F)c(-c2cccc(-c3ccccc3)c2)c(F)c1F.Fc1c(F)c(F)c(-c2cccc(-c3ccccc3)c2)c(F)c1F. The summed E-state index contributed by atoms with van der Waals surface area (Å²) in [7, 11) is 0. The number of benzene rings is 10. The van der Waals surface area contributed by atoms with Gasteiger partial charge in [-0.25, -0.2) is 61.5 Å². The van der Waals surface area contributed by atoms with Crippen LogP contribution in [0.1, 0.15) is 27.8 Å². The van der Waals surface area contributed by atoms with Gasteiger partial charge in [-0.1, -0.05) is 146 Å². The fraction of sp³-hybridized carbons (Fsp3) is 0.0625. The van der Waals surface area contributed by atoms with Crippen molar-refractivity contribution in [2.45, 2.75) is 33.1 Å². The maximum Gasteiger partial charge on any atom is 0.416 e. The van der Waals surface area contributed by atoms with Gasteiger partial charge in [0.05, 0.1) is 44.9 Å². The Labute approximate surface area is 575 Å². The molecule has 0 fully saturated rings. The second kappa shape index (κ2) is 32.7. The molecule has 0 N–H and O–H groups in total. The van der Waals surface area contributed by atoms with Gasteiger partial charge in [-0.2, -0.15) is 26.3 Å². The Hall–Kier alpha value is -11.8. The monoisotopic (exact) mass is 1430 g/mol. The van der Waals surface area contributed by atoms with E-state index < -0.39 is 127 Å². The molecule has 0 spiro atoms. The number of pyridine rings is 3. The molecule has 13 aromatic rings. The van der Waals surface area contributed by atoms with Crippen molar-refractivity contribution in [2.24, 2.45) is 0 Å². The minimum Gasteiger partial charge on any atom is -0.256 e. The maximum atomic E-state index is 14.2. The number of rotatable bonds is 8. The molecule has 0 aliphatic carbocycles. The minimum atomic E-state index is -4.32. The molecule has 0 bridgehead atoms. The third-order valence-corrected chi connectivity index (χ3v) is 15.4. The van der Waals surface area contributed by atoms with Gasteiger partial charge in [-0.3, -0.25) is 15.0 Å². The molecule has 0 unspecified atom stereocenters. The Morgan fingerprint density at radius 3 is 0.981 bits per heavy atom. The van der Waals surface area contributed by atoms with Crippen LogP contribution >= 0.6 is 0 Å². The van der Waals surface area contributed by atoms with Gasteiger partial charge in [0.15, 0.2) is 64.0 Å². The van der Waals surface area contributed by atoms with E-state index in [1.807, 2.05) is 6.07 Å². The first kappa shape index (κ1) is 75.5. The molecule has 0 saturated carbocycles. The molecule has 103 heavy (non-hydrogen) atoms. The molecule has 3 heterocycles. The highest BCUT2D eigenvalue weighted by molar-refractivity contribution is 5.76. The summed E-state index contributed by atoms with van der Waals surface area (Å²) in [6.07, 6.45) is -3.82. The van der Waals surface area contributed by atoms with Gasteiger partial charge in [-0.15, -0.1) is 0 Å². The second-order valence-corrected chi connectivity index (χ2v) is 22.4. The summed E-state index contributed by atoms with van der Waals surface area (Å²) in [5, 5.41) is 0. The maximum absolute atomic E-state index is 14.2. The normalized spacial score (nSPS) is 11.1. The second-order valence-electron chi connectivity index (χ2n) is 22.4. The lowest BCUT2D eigenvalue weighted by Gasteiger charge is -2.10. The number of nitrogens with zero attached hydrogens (tertiary/aromatic N) is 3. The van der Waals surface area contributed by atoms with Gasteiger partial charge in [0.2, 0.25) is 11.6 Å². The lowest BCUT2D eigenvalue weighted by Crippen LogP contribution is -2.05. The molecular weight excluding hydrogens is 1380 g/mol. The summed E-state index contributed by atoms with van der Waals surface area (Å²) in [5.74, 6) is -25.3. The number of hydrogen-bond donors (Lipinski definition) is 0. The zero-order chi connectivity index (χ0) is 74.6. The molecular formula is C80H49F20N3. The van der Waals surface area contributed by atoms with Crippen molar-refractivity contribution in [1.82, 2.24) is 15.0 Å². The zero-order valence-electron chi connectivity index (χ0n) is 53.5. The third-order valence-electron chi connectivity index (χ3n) is 15.4.